The van der Waals surface area contributed by atoms with Crippen molar-refractivity contribution in [3.63, 3.8) is 0 Å². The first-order chi connectivity index (χ1) is 8.25. The van der Waals surface area contributed by atoms with Crippen molar-refractivity contribution in [2.45, 2.75) is 13.0 Å². The number of nitrogens with one attached hydrogen (secondary N) is 2. The van der Waals surface area contributed by atoms with Crippen LogP contribution in [0.4, 0.5) is 5.69 Å². The number of carbonyl (C=O) groups excluding carboxylic acids is 1. The van der Waals surface area contributed by atoms with E-state index in [0.29, 0.717) is 12.2 Å². The van der Waals surface area contributed by atoms with Gasteiger partial charge in [0.2, 0.25) is 5.91 Å². The van der Waals surface area contributed by atoms with Gasteiger partial charge in [0, 0.05) is 18.1 Å². The molecule has 0 bridgehead atoms. The number of aromatic amines is 1. The second-order valence-corrected chi connectivity index (χ2v) is 3.69. The lowest BCUT2D eigenvalue weighted by Gasteiger charge is -2.05. The number of nitrogens with two attached hydrogens (primary N) is 1. The maximum absolute atomic E-state index is 11.7. The van der Waals surface area contributed by atoms with Crippen LogP contribution in [0.2, 0.25) is 0 Å². The summed E-state index contributed by atoms with van der Waals surface area (Å²) in [6.07, 6.45) is 3.65. The molecule has 0 aliphatic heterocycles. The van der Waals surface area contributed by atoms with Crippen LogP contribution in [0.5, 0.6) is 0 Å². The van der Waals surface area contributed by atoms with Crippen LogP contribution in [0.25, 0.3) is 0 Å². The molecule has 17 heavy (non-hydrogen) atoms. The third-order valence-electron chi connectivity index (χ3n) is 2.41. The normalized spacial score (nSPS) is 10.1. The molecule has 2 aromatic rings. The average Bonchev–Trinajstić information content (AvgIpc) is 2.82. The first kappa shape index (κ1) is 11.2. The minimum atomic E-state index is -0.0701. The summed E-state index contributed by atoms with van der Waals surface area (Å²) in [5.74, 6) is 0.665. The molecule has 0 aliphatic carbocycles. The minimum Gasteiger partial charge on any atom is -0.398 e. The van der Waals surface area contributed by atoms with E-state index in [1.54, 1.807) is 18.5 Å². The van der Waals surface area contributed by atoms with Crippen LogP contribution in [-0.4, -0.2) is 15.9 Å². The number of aromatic nitrogens is 2. The van der Waals surface area contributed by atoms with Gasteiger partial charge in [0.05, 0.1) is 13.0 Å². The van der Waals surface area contributed by atoms with Crippen LogP contribution < -0.4 is 11.1 Å². The maximum atomic E-state index is 11.7. The Labute approximate surface area is 99.1 Å². The monoisotopic (exact) mass is 230 g/mol. The number of H-pyrrole nitrogens is 1. The fourth-order valence-corrected chi connectivity index (χ4v) is 1.51. The molecular formula is C12H14N4O. The number of nitrogen functional groups attached to an aromatic ring is 1. The quantitative estimate of drug-likeness (QED) is 0.681. The lowest BCUT2D eigenvalue weighted by atomic mass is 10.1. The summed E-state index contributed by atoms with van der Waals surface area (Å²) in [4.78, 5) is 18.6. The average molecular weight is 230 g/mol. The van der Waals surface area contributed by atoms with Crippen molar-refractivity contribution in [2.75, 3.05) is 5.73 Å². The summed E-state index contributed by atoms with van der Waals surface area (Å²) >= 11 is 0. The lowest BCUT2D eigenvalue weighted by molar-refractivity contribution is -0.120. The van der Waals surface area contributed by atoms with Gasteiger partial charge in [-0.15, -0.1) is 0 Å². The lowest BCUT2D eigenvalue weighted by Crippen LogP contribution is -2.25. The molecule has 0 fully saturated rings. The van der Waals surface area contributed by atoms with E-state index < -0.39 is 0 Å². The van der Waals surface area contributed by atoms with Gasteiger partial charge < -0.3 is 16.0 Å². The molecule has 0 spiro atoms. The molecular weight excluding hydrogens is 216 g/mol. The van der Waals surface area contributed by atoms with E-state index in [1.807, 2.05) is 18.2 Å². The predicted molar refractivity (Wildman–Crippen MR) is 65.0 cm³/mol. The van der Waals surface area contributed by atoms with Gasteiger partial charge in [-0.25, -0.2) is 4.98 Å². The molecule has 1 heterocycles. The van der Waals surface area contributed by atoms with Crippen LogP contribution in [0.3, 0.4) is 0 Å². The number of benzene rings is 1. The van der Waals surface area contributed by atoms with Crippen molar-refractivity contribution < 1.29 is 4.79 Å². The fraction of sp³-hybridized carbons (Fsp3) is 0.167. The van der Waals surface area contributed by atoms with Crippen molar-refractivity contribution in [1.82, 2.24) is 15.3 Å². The van der Waals surface area contributed by atoms with Crippen LogP contribution >= 0.6 is 0 Å². The van der Waals surface area contributed by atoms with E-state index in [4.69, 9.17) is 5.73 Å². The van der Waals surface area contributed by atoms with E-state index in [1.165, 1.54) is 0 Å². The fourth-order valence-electron chi connectivity index (χ4n) is 1.51. The number of carbonyl (C=O) groups is 1. The van der Waals surface area contributed by atoms with E-state index in [-0.39, 0.29) is 12.3 Å². The Balaban J connectivity index is 1.87. The topological polar surface area (TPSA) is 83.8 Å². The van der Waals surface area contributed by atoms with Crippen molar-refractivity contribution >= 4 is 11.6 Å². The largest absolute Gasteiger partial charge is 0.398 e. The standard InChI is InChI=1S/C12H14N4O/c13-10-4-2-1-3-9(10)7-12(17)16-8-11-14-5-6-15-11/h1-6H,7-8,13H2,(H,14,15)(H,16,17). The van der Waals surface area contributed by atoms with Gasteiger partial charge in [-0.05, 0) is 11.6 Å². The summed E-state index contributed by atoms with van der Waals surface area (Å²) in [6.45, 7) is 0.401. The molecule has 4 N–H and O–H groups in total. The van der Waals surface area contributed by atoms with Crippen molar-refractivity contribution in [3.8, 4) is 0 Å². The number of anilines is 1. The number of amides is 1. The van der Waals surface area contributed by atoms with E-state index in [9.17, 15) is 4.79 Å². The Morgan fingerprint density at radius 2 is 2.24 bits per heavy atom. The third-order valence-corrected chi connectivity index (χ3v) is 2.41. The molecule has 0 saturated heterocycles. The minimum absolute atomic E-state index is 0.0701. The van der Waals surface area contributed by atoms with E-state index in [0.717, 1.165) is 11.4 Å². The molecule has 0 unspecified atom stereocenters. The molecule has 0 radical (unpaired) electrons. The molecule has 1 aromatic heterocycles. The Morgan fingerprint density at radius 3 is 2.94 bits per heavy atom. The summed E-state index contributed by atoms with van der Waals surface area (Å²) in [7, 11) is 0. The summed E-state index contributed by atoms with van der Waals surface area (Å²) < 4.78 is 0. The summed E-state index contributed by atoms with van der Waals surface area (Å²) in [5.41, 5.74) is 7.24. The molecule has 5 nitrogen and oxygen atoms in total. The van der Waals surface area contributed by atoms with Crippen molar-refractivity contribution in [1.29, 1.82) is 0 Å². The van der Waals surface area contributed by atoms with Crippen LogP contribution in [0.15, 0.2) is 36.7 Å². The molecule has 5 heteroatoms. The van der Waals surface area contributed by atoms with E-state index >= 15 is 0 Å². The van der Waals surface area contributed by atoms with Gasteiger partial charge in [0.15, 0.2) is 0 Å². The van der Waals surface area contributed by atoms with Gasteiger partial charge in [-0.2, -0.15) is 0 Å². The second kappa shape index (κ2) is 5.16. The molecule has 1 amide bonds. The maximum Gasteiger partial charge on any atom is 0.224 e. The second-order valence-electron chi connectivity index (χ2n) is 3.69. The first-order valence-corrected chi connectivity index (χ1v) is 5.34. The zero-order valence-electron chi connectivity index (χ0n) is 9.31. The Kier molecular flexibility index (Phi) is 3.40. The number of rotatable bonds is 4. The number of imidazole rings is 1. The van der Waals surface area contributed by atoms with Gasteiger partial charge in [-0.3, -0.25) is 4.79 Å². The van der Waals surface area contributed by atoms with Gasteiger partial charge in [0.25, 0.3) is 0 Å². The first-order valence-electron chi connectivity index (χ1n) is 5.34. The molecule has 1 aromatic carbocycles. The smallest absolute Gasteiger partial charge is 0.224 e. The van der Waals surface area contributed by atoms with Crippen LogP contribution in [-0.2, 0) is 17.8 Å². The van der Waals surface area contributed by atoms with E-state index in [2.05, 4.69) is 15.3 Å². The highest BCUT2D eigenvalue weighted by atomic mass is 16.1. The molecule has 88 valence electrons. The van der Waals surface area contributed by atoms with Crippen LogP contribution in [0, 0.1) is 0 Å². The zero-order chi connectivity index (χ0) is 12.1. The molecule has 0 aliphatic rings. The Morgan fingerprint density at radius 1 is 1.41 bits per heavy atom. The highest BCUT2D eigenvalue weighted by Gasteiger charge is 2.06. The van der Waals surface area contributed by atoms with Gasteiger partial charge >= 0.3 is 0 Å². The van der Waals surface area contributed by atoms with Crippen molar-refractivity contribution in [3.05, 3.63) is 48.0 Å². The zero-order valence-corrected chi connectivity index (χ0v) is 9.31. The Hall–Kier alpha value is -2.30. The summed E-state index contributed by atoms with van der Waals surface area (Å²) in [6, 6.07) is 7.35. The summed E-state index contributed by atoms with van der Waals surface area (Å²) in [5, 5.41) is 2.77. The number of hydrogen-bond donors (Lipinski definition) is 3. The Bertz CT molecular complexity index is 493. The highest BCUT2D eigenvalue weighted by Crippen LogP contribution is 2.10. The van der Waals surface area contributed by atoms with Crippen molar-refractivity contribution in [2.24, 2.45) is 0 Å². The van der Waals surface area contributed by atoms with Crippen LogP contribution in [0.1, 0.15) is 11.4 Å². The third kappa shape index (κ3) is 3.07. The highest BCUT2D eigenvalue weighted by molar-refractivity contribution is 5.80. The SMILES string of the molecule is Nc1ccccc1CC(=O)NCc1ncc[nH]1. The van der Waals surface area contributed by atoms with Gasteiger partial charge in [-0.1, -0.05) is 18.2 Å². The number of nitrogens with zero attached hydrogens (tertiary/aromatic N) is 1. The molecule has 2 rings (SSSR count). The van der Waals surface area contributed by atoms with Gasteiger partial charge in [0.1, 0.15) is 5.82 Å². The number of hydrogen-bond acceptors (Lipinski definition) is 3. The molecule has 0 atom stereocenters. The predicted octanol–water partition coefficient (Wildman–Crippen LogP) is 0.851. The molecule has 0 saturated carbocycles. The number of para-hydroxylation sites is 1.